The summed E-state index contributed by atoms with van der Waals surface area (Å²) < 4.78 is 19.3. The maximum Gasteiger partial charge on any atom is 0.303 e. The molecule has 160 valence electrons. The van der Waals surface area contributed by atoms with Crippen molar-refractivity contribution >= 4 is 11.9 Å². The molecule has 1 N–H and O–H groups in total. The van der Waals surface area contributed by atoms with Crippen LogP contribution in [0, 0.1) is 5.92 Å². The SMILES string of the molecule is O=C(O)CCC1C(=O)N(C2=CCC(F)C=C2)[C@@H]1c1ccc(OCc2ccccc2)cc1. The van der Waals surface area contributed by atoms with Gasteiger partial charge in [0.2, 0.25) is 5.91 Å². The zero-order chi connectivity index (χ0) is 21.8. The lowest BCUT2D eigenvalue weighted by molar-refractivity contribution is -0.153. The third-order valence-electron chi connectivity index (χ3n) is 5.66. The summed E-state index contributed by atoms with van der Waals surface area (Å²) in [6.45, 7) is 0.456. The number of carbonyl (C=O) groups excluding carboxylic acids is 1. The van der Waals surface area contributed by atoms with Crippen LogP contribution in [0.25, 0.3) is 0 Å². The van der Waals surface area contributed by atoms with Gasteiger partial charge in [-0.05, 0) is 41.8 Å². The van der Waals surface area contributed by atoms with Crippen LogP contribution in [0.4, 0.5) is 4.39 Å². The number of carboxylic acids is 1. The molecule has 1 heterocycles. The van der Waals surface area contributed by atoms with Gasteiger partial charge >= 0.3 is 5.97 Å². The molecule has 1 amide bonds. The van der Waals surface area contributed by atoms with Crippen molar-refractivity contribution < 1.29 is 23.8 Å². The van der Waals surface area contributed by atoms with E-state index in [9.17, 15) is 14.0 Å². The van der Waals surface area contributed by atoms with E-state index in [0.29, 0.717) is 18.1 Å². The number of carboxylic acid groups (broad SMARTS) is 1. The van der Waals surface area contributed by atoms with Crippen molar-refractivity contribution in [3.8, 4) is 5.75 Å². The Morgan fingerprint density at radius 2 is 1.87 bits per heavy atom. The number of amides is 1. The Morgan fingerprint density at radius 1 is 1.13 bits per heavy atom. The second kappa shape index (κ2) is 9.16. The van der Waals surface area contributed by atoms with Gasteiger partial charge in [0, 0.05) is 18.5 Å². The molecule has 0 saturated carbocycles. The summed E-state index contributed by atoms with van der Waals surface area (Å²) in [5.74, 6) is -0.746. The van der Waals surface area contributed by atoms with Crippen molar-refractivity contribution in [1.82, 2.24) is 4.90 Å². The van der Waals surface area contributed by atoms with Crippen LogP contribution in [-0.4, -0.2) is 28.1 Å². The predicted molar refractivity (Wildman–Crippen MR) is 114 cm³/mol. The topological polar surface area (TPSA) is 66.8 Å². The summed E-state index contributed by atoms with van der Waals surface area (Å²) in [6, 6.07) is 17.1. The number of halogens is 1. The van der Waals surface area contributed by atoms with E-state index in [1.54, 1.807) is 17.1 Å². The molecule has 0 bridgehead atoms. The van der Waals surface area contributed by atoms with E-state index in [-0.39, 0.29) is 31.2 Å². The first-order valence-corrected chi connectivity index (χ1v) is 10.4. The number of hydrogen-bond donors (Lipinski definition) is 1. The molecule has 1 aliphatic heterocycles. The third kappa shape index (κ3) is 4.68. The van der Waals surface area contributed by atoms with Crippen LogP contribution >= 0.6 is 0 Å². The highest BCUT2D eigenvalue weighted by Gasteiger charge is 2.49. The van der Waals surface area contributed by atoms with Crippen molar-refractivity contribution in [2.24, 2.45) is 5.92 Å². The minimum Gasteiger partial charge on any atom is -0.489 e. The number of hydrogen-bond acceptors (Lipinski definition) is 3. The summed E-state index contributed by atoms with van der Waals surface area (Å²) in [4.78, 5) is 25.5. The van der Waals surface area contributed by atoms with Crippen molar-refractivity contribution in [3.05, 3.63) is 89.6 Å². The third-order valence-corrected chi connectivity index (χ3v) is 5.66. The standard InChI is InChI=1S/C25H24FNO4/c26-19-8-10-20(11-9-19)27-24(22(25(27)30)14-15-23(28)29)18-6-12-21(13-7-18)31-16-17-4-2-1-3-5-17/h1-8,10-13,19,22,24H,9,14-16H2,(H,28,29)/t19?,22?,24-/m1/s1. The second-order valence-corrected chi connectivity index (χ2v) is 7.78. The molecule has 3 atom stereocenters. The lowest BCUT2D eigenvalue weighted by Crippen LogP contribution is -2.54. The number of carbonyl (C=O) groups is 2. The number of likely N-dealkylation sites (tertiary alicyclic amines) is 1. The molecule has 0 radical (unpaired) electrons. The molecule has 6 heteroatoms. The molecular weight excluding hydrogens is 397 g/mol. The van der Waals surface area contributed by atoms with Gasteiger partial charge in [-0.2, -0.15) is 0 Å². The number of ether oxygens (including phenoxy) is 1. The molecule has 4 rings (SSSR count). The van der Waals surface area contributed by atoms with Crippen LogP contribution in [0.3, 0.4) is 0 Å². The van der Waals surface area contributed by atoms with Crippen molar-refractivity contribution in [3.63, 3.8) is 0 Å². The molecule has 5 nitrogen and oxygen atoms in total. The molecule has 0 spiro atoms. The van der Waals surface area contributed by atoms with Crippen molar-refractivity contribution in [2.45, 2.75) is 38.1 Å². The summed E-state index contributed by atoms with van der Waals surface area (Å²) in [5.41, 5.74) is 2.64. The number of benzene rings is 2. The minimum atomic E-state index is -1.04. The Hall–Kier alpha value is -3.41. The van der Waals surface area contributed by atoms with Gasteiger partial charge in [-0.25, -0.2) is 4.39 Å². The van der Waals surface area contributed by atoms with Gasteiger partial charge < -0.3 is 14.7 Å². The number of allylic oxidation sites excluding steroid dienone is 3. The van der Waals surface area contributed by atoms with Crippen LogP contribution < -0.4 is 4.74 Å². The number of nitrogens with zero attached hydrogens (tertiary/aromatic N) is 1. The Labute approximate surface area is 180 Å². The molecule has 2 aromatic carbocycles. The van der Waals surface area contributed by atoms with Gasteiger partial charge in [0.25, 0.3) is 0 Å². The van der Waals surface area contributed by atoms with E-state index in [1.807, 2.05) is 54.6 Å². The monoisotopic (exact) mass is 421 g/mol. The highest BCUT2D eigenvalue weighted by Crippen LogP contribution is 2.46. The van der Waals surface area contributed by atoms with Crippen LogP contribution in [0.1, 0.15) is 36.4 Å². The fourth-order valence-electron chi connectivity index (χ4n) is 4.04. The van der Waals surface area contributed by atoms with Gasteiger partial charge in [-0.1, -0.05) is 48.5 Å². The van der Waals surface area contributed by atoms with Gasteiger partial charge in [0.05, 0.1) is 12.0 Å². The molecule has 2 aromatic rings. The van der Waals surface area contributed by atoms with Crippen LogP contribution in [0.5, 0.6) is 5.75 Å². The Balaban J connectivity index is 1.50. The molecule has 2 unspecified atom stereocenters. The molecular formula is C25H24FNO4. The van der Waals surface area contributed by atoms with Gasteiger partial charge in [-0.3, -0.25) is 9.59 Å². The quantitative estimate of drug-likeness (QED) is 0.621. The maximum atomic E-state index is 13.5. The fourth-order valence-corrected chi connectivity index (χ4v) is 4.04. The van der Waals surface area contributed by atoms with Gasteiger partial charge in [0.1, 0.15) is 18.5 Å². The Kier molecular flexibility index (Phi) is 6.16. The molecule has 1 fully saturated rings. The number of β-lactam (4-membered cyclic amide) rings is 1. The summed E-state index contributed by atoms with van der Waals surface area (Å²) in [6.07, 6.45) is 4.19. The van der Waals surface area contributed by atoms with E-state index < -0.39 is 18.1 Å². The van der Waals surface area contributed by atoms with E-state index in [0.717, 1.165) is 11.1 Å². The van der Waals surface area contributed by atoms with E-state index in [2.05, 4.69) is 0 Å². The number of rotatable bonds is 8. The Bertz CT molecular complexity index is 1000. The zero-order valence-corrected chi connectivity index (χ0v) is 17.0. The first-order valence-electron chi connectivity index (χ1n) is 10.4. The lowest BCUT2D eigenvalue weighted by Gasteiger charge is -2.48. The molecule has 1 saturated heterocycles. The first-order chi connectivity index (χ1) is 15.0. The minimum absolute atomic E-state index is 0.0690. The van der Waals surface area contributed by atoms with Crippen LogP contribution in [-0.2, 0) is 16.2 Å². The van der Waals surface area contributed by atoms with Crippen molar-refractivity contribution in [1.29, 1.82) is 0 Å². The highest BCUT2D eigenvalue weighted by molar-refractivity contribution is 5.89. The summed E-state index contributed by atoms with van der Waals surface area (Å²) in [7, 11) is 0. The van der Waals surface area contributed by atoms with Gasteiger partial charge in [-0.15, -0.1) is 0 Å². The number of aliphatic carboxylic acids is 1. The first kappa shape index (κ1) is 20.8. The molecule has 31 heavy (non-hydrogen) atoms. The zero-order valence-electron chi connectivity index (χ0n) is 17.0. The highest BCUT2D eigenvalue weighted by atomic mass is 19.1. The molecule has 2 aliphatic rings. The lowest BCUT2D eigenvalue weighted by atomic mass is 9.78. The average Bonchev–Trinajstić information content (AvgIpc) is 2.78. The van der Waals surface area contributed by atoms with E-state index >= 15 is 0 Å². The van der Waals surface area contributed by atoms with E-state index in [1.165, 1.54) is 6.08 Å². The van der Waals surface area contributed by atoms with Crippen LogP contribution in [0.2, 0.25) is 0 Å². The normalized spacial score (nSPS) is 22.6. The fraction of sp³-hybridized carbons (Fsp3) is 0.280. The predicted octanol–water partition coefficient (Wildman–Crippen LogP) is 4.81. The Morgan fingerprint density at radius 3 is 2.52 bits per heavy atom. The molecule has 1 aliphatic carbocycles. The molecule has 0 aromatic heterocycles. The largest absolute Gasteiger partial charge is 0.489 e. The average molecular weight is 421 g/mol. The van der Waals surface area contributed by atoms with Crippen LogP contribution in [0.15, 0.2) is 78.5 Å². The second-order valence-electron chi connectivity index (χ2n) is 7.78. The van der Waals surface area contributed by atoms with Crippen molar-refractivity contribution in [2.75, 3.05) is 0 Å². The summed E-state index contributed by atoms with van der Waals surface area (Å²) in [5, 5.41) is 9.05. The van der Waals surface area contributed by atoms with Gasteiger partial charge in [0.15, 0.2) is 0 Å². The van der Waals surface area contributed by atoms with E-state index in [4.69, 9.17) is 9.84 Å². The smallest absolute Gasteiger partial charge is 0.303 e. The number of alkyl halides is 1. The summed E-state index contributed by atoms with van der Waals surface area (Å²) >= 11 is 0. The maximum absolute atomic E-state index is 13.5.